The molecule has 0 radical (unpaired) electrons. The number of nitrogens with zero attached hydrogens (tertiary/aromatic N) is 3. The molecule has 0 amide bonds. The first-order valence-electron chi connectivity index (χ1n) is 9.67. The van der Waals surface area contributed by atoms with Crippen molar-refractivity contribution in [2.45, 2.75) is 30.4 Å². The Bertz CT molecular complexity index is 1360. The van der Waals surface area contributed by atoms with E-state index in [4.69, 9.17) is 10.5 Å². The maximum Gasteiger partial charge on any atom is 0.186 e. The number of anilines is 2. The molecule has 31 heavy (non-hydrogen) atoms. The Kier molecular flexibility index (Phi) is 5.54. The minimum Gasteiger partial charge on any atom is -0.491 e. The second-order valence-electron chi connectivity index (χ2n) is 7.95. The van der Waals surface area contributed by atoms with Crippen LogP contribution in [-0.4, -0.2) is 41.3 Å². The van der Waals surface area contributed by atoms with Crippen LogP contribution in [0.4, 0.5) is 11.5 Å². The van der Waals surface area contributed by atoms with E-state index in [0.29, 0.717) is 16.7 Å². The highest BCUT2D eigenvalue weighted by Gasteiger charge is 2.34. The van der Waals surface area contributed by atoms with E-state index in [1.165, 1.54) is 6.33 Å². The van der Waals surface area contributed by atoms with Crippen LogP contribution in [-0.2, 0) is 9.84 Å². The van der Waals surface area contributed by atoms with Crippen LogP contribution in [0.3, 0.4) is 0 Å². The first kappa shape index (κ1) is 21.4. The maximum atomic E-state index is 13.3. The lowest BCUT2D eigenvalue weighted by Gasteiger charge is -2.22. The molecule has 0 saturated heterocycles. The summed E-state index contributed by atoms with van der Waals surface area (Å²) in [4.78, 5) is 13.1. The van der Waals surface area contributed by atoms with E-state index in [9.17, 15) is 8.42 Å². The van der Waals surface area contributed by atoms with Gasteiger partial charge in [-0.15, -0.1) is 11.3 Å². The molecule has 4 rings (SSSR count). The highest BCUT2D eigenvalue weighted by atomic mass is 32.2. The molecule has 0 aliphatic heterocycles. The van der Waals surface area contributed by atoms with Gasteiger partial charge in [-0.05, 0) is 45.0 Å². The third kappa shape index (κ3) is 4.06. The van der Waals surface area contributed by atoms with Crippen LogP contribution in [0.15, 0.2) is 47.1 Å². The first-order chi connectivity index (χ1) is 14.7. The number of nitrogens with one attached hydrogen (secondary N) is 1. The van der Waals surface area contributed by atoms with Crippen LogP contribution in [0, 0.1) is 0 Å². The lowest BCUT2D eigenvalue weighted by Crippen LogP contribution is -2.28. The number of sulfone groups is 1. The van der Waals surface area contributed by atoms with Gasteiger partial charge in [-0.25, -0.2) is 23.4 Å². The molecule has 0 bridgehead atoms. The molecule has 8 nitrogen and oxygen atoms in total. The number of nitrogens with two attached hydrogens (primary N) is 1. The molecule has 0 fully saturated rings. The minimum absolute atomic E-state index is 0.0914. The van der Waals surface area contributed by atoms with Gasteiger partial charge in [0.2, 0.25) is 0 Å². The van der Waals surface area contributed by atoms with Gasteiger partial charge in [0.05, 0.1) is 26.0 Å². The van der Waals surface area contributed by atoms with Gasteiger partial charge in [0.15, 0.2) is 9.84 Å². The smallest absolute Gasteiger partial charge is 0.186 e. The molecule has 10 heteroatoms. The number of benzene rings is 2. The second kappa shape index (κ2) is 8.03. The molecule has 0 aliphatic rings. The van der Waals surface area contributed by atoms with Gasteiger partial charge in [0, 0.05) is 23.7 Å². The molecule has 0 spiro atoms. The molecule has 162 valence electrons. The van der Waals surface area contributed by atoms with E-state index in [-0.39, 0.29) is 23.8 Å². The van der Waals surface area contributed by atoms with Crippen molar-refractivity contribution >= 4 is 53.8 Å². The van der Waals surface area contributed by atoms with Crippen LogP contribution in [0.25, 0.3) is 21.1 Å². The fourth-order valence-electron chi connectivity index (χ4n) is 3.06. The first-order valence-corrected chi connectivity index (χ1v) is 12.0. The molecule has 0 atom stereocenters. The number of hydrogen-bond acceptors (Lipinski definition) is 9. The summed E-state index contributed by atoms with van der Waals surface area (Å²) in [5.41, 5.74) is 9.59. The van der Waals surface area contributed by atoms with Crippen LogP contribution >= 0.6 is 11.3 Å². The summed E-state index contributed by atoms with van der Waals surface area (Å²) in [6.07, 6.45) is 1.43. The number of thiazole rings is 1. The van der Waals surface area contributed by atoms with Crippen molar-refractivity contribution in [2.24, 2.45) is 5.73 Å². The van der Waals surface area contributed by atoms with Crippen LogP contribution in [0.2, 0.25) is 0 Å². The Labute approximate surface area is 184 Å². The van der Waals surface area contributed by atoms with Crippen LogP contribution < -0.4 is 15.8 Å². The molecule has 3 N–H and O–H groups in total. The minimum atomic E-state index is -3.70. The van der Waals surface area contributed by atoms with Gasteiger partial charge in [0.1, 0.15) is 29.4 Å². The summed E-state index contributed by atoms with van der Waals surface area (Å²) in [6.45, 7) is 5.43. The van der Waals surface area contributed by atoms with E-state index >= 15 is 0 Å². The van der Waals surface area contributed by atoms with Crippen LogP contribution in [0.1, 0.15) is 20.8 Å². The van der Waals surface area contributed by atoms with Crippen molar-refractivity contribution in [1.29, 1.82) is 0 Å². The standard InChI is InChI=1S/C21H23N5O3S2/c1-21(2,3)31(27,28)19-9-14-15(10-17(19)29-7-6-22)23-11-24-20(14)26-13-4-5-18-16(8-13)25-12-30-18/h4-5,8-12H,6-7,22H2,1-3H3,(H,23,24,26). The SMILES string of the molecule is CC(C)(C)S(=O)(=O)c1cc2c(Nc3ccc4scnc4c3)ncnc2cc1OCCN. The third-order valence-corrected chi connectivity index (χ3v) is 8.09. The maximum absolute atomic E-state index is 13.3. The van der Waals surface area contributed by atoms with E-state index in [2.05, 4.69) is 20.3 Å². The average Bonchev–Trinajstić information content (AvgIpc) is 3.19. The lowest BCUT2D eigenvalue weighted by atomic mass is 10.2. The predicted molar refractivity (Wildman–Crippen MR) is 124 cm³/mol. The largest absolute Gasteiger partial charge is 0.491 e. The van der Waals surface area contributed by atoms with Gasteiger partial charge >= 0.3 is 0 Å². The molecule has 0 saturated carbocycles. The van der Waals surface area contributed by atoms with Gasteiger partial charge < -0.3 is 15.8 Å². The normalized spacial score (nSPS) is 12.4. The Morgan fingerprint density at radius 2 is 1.90 bits per heavy atom. The highest BCUT2D eigenvalue weighted by molar-refractivity contribution is 7.92. The quantitative estimate of drug-likeness (QED) is 0.447. The van der Waals surface area contributed by atoms with Gasteiger partial charge in [-0.2, -0.15) is 0 Å². The zero-order chi connectivity index (χ0) is 22.2. The monoisotopic (exact) mass is 457 g/mol. The number of hydrogen-bond donors (Lipinski definition) is 2. The van der Waals surface area contributed by atoms with E-state index < -0.39 is 14.6 Å². The van der Waals surface area contributed by atoms with Gasteiger partial charge in [-0.3, -0.25) is 0 Å². The molecular weight excluding hydrogens is 434 g/mol. The highest BCUT2D eigenvalue weighted by Crippen LogP contribution is 2.37. The fraction of sp³-hybridized carbons (Fsp3) is 0.286. The number of rotatable bonds is 6. The predicted octanol–water partition coefficient (Wildman–Crippen LogP) is 3.89. The van der Waals surface area contributed by atoms with Crippen molar-refractivity contribution in [3.8, 4) is 5.75 Å². The van der Waals surface area contributed by atoms with Gasteiger partial charge in [0.25, 0.3) is 0 Å². The van der Waals surface area contributed by atoms with Crippen LogP contribution in [0.5, 0.6) is 5.75 Å². The van der Waals surface area contributed by atoms with E-state index in [1.807, 2.05) is 18.2 Å². The molecule has 2 heterocycles. The summed E-state index contributed by atoms with van der Waals surface area (Å²) >= 11 is 1.57. The fourth-order valence-corrected chi connectivity index (χ4v) is 5.03. The Balaban J connectivity index is 1.86. The number of aromatic nitrogens is 3. The second-order valence-corrected chi connectivity index (χ2v) is 11.5. The zero-order valence-electron chi connectivity index (χ0n) is 17.4. The molecule has 4 aromatic rings. The van der Waals surface area contributed by atoms with Crippen molar-refractivity contribution in [3.05, 3.63) is 42.2 Å². The average molecular weight is 458 g/mol. The number of fused-ring (bicyclic) bond motifs is 2. The summed E-state index contributed by atoms with van der Waals surface area (Å²) in [6, 6.07) is 9.03. The van der Waals surface area contributed by atoms with E-state index in [0.717, 1.165) is 15.9 Å². The van der Waals surface area contributed by atoms with Gasteiger partial charge in [-0.1, -0.05) is 0 Å². The molecular formula is C21H23N5O3S2. The zero-order valence-corrected chi connectivity index (χ0v) is 19.0. The summed E-state index contributed by atoms with van der Waals surface area (Å²) in [7, 11) is -3.70. The van der Waals surface area contributed by atoms with Crippen molar-refractivity contribution in [2.75, 3.05) is 18.5 Å². The Morgan fingerprint density at radius 1 is 1.10 bits per heavy atom. The summed E-state index contributed by atoms with van der Waals surface area (Å²) in [5, 5.41) is 3.84. The molecule has 2 aromatic heterocycles. The Morgan fingerprint density at radius 3 is 2.65 bits per heavy atom. The topological polar surface area (TPSA) is 120 Å². The van der Waals surface area contributed by atoms with Crippen molar-refractivity contribution in [1.82, 2.24) is 15.0 Å². The third-order valence-electron chi connectivity index (χ3n) is 4.77. The lowest BCUT2D eigenvalue weighted by molar-refractivity contribution is 0.320. The summed E-state index contributed by atoms with van der Waals surface area (Å²) in [5.74, 6) is 0.733. The molecule has 2 aromatic carbocycles. The molecule has 0 unspecified atom stereocenters. The molecule has 0 aliphatic carbocycles. The van der Waals surface area contributed by atoms with E-state index in [1.54, 1.807) is 49.8 Å². The summed E-state index contributed by atoms with van der Waals surface area (Å²) < 4.78 is 32.3. The van der Waals surface area contributed by atoms with Crippen molar-refractivity contribution in [3.63, 3.8) is 0 Å². The number of ether oxygens (including phenoxy) is 1. The Hall–Kier alpha value is -2.82. The van der Waals surface area contributed by atoms with Crippen molar-refractivity contribution < 1.29 is 13.2 Å².